The summed E-state index contributed by atoms with van der Waals surface area (Å²) >= 11 is 0. The summed E-state index contributed by atoms with van der Waals surface area (Å²) in [5, 5.41) is 13.0. The molecule has 0 radical (unpaired) electrons. The molecule has 1 aromatic carbocycles. The third kappa shape index (κ3) is 3.52. The molecule has 1 aromatic rings. The Morgan fingerprint density at radius 1 is 1.45 bits per heavy atom. The summed E-state index contributed by atoms with van der Waals surface area (Å²) in [4.78, 5) is 2.46. The highest BCUT2D eigenvalue weighted by Crippen LogP contribution is 2.35. The van der Waals surface area contributed by atoms with Gasteiger partial charge >= 0.3 is 0 Å². The lowest BCUT2D eigenvalue weighted by molar-refractivity contribution is 0.169. The Balaban J connectivity index is 2.31. The van der Waals surface area contributed by atoms with E-state index in [4.69, 9.17) is 4.74 Å². The number of hydrogen-bond donors (Lipinski definition) is 2. The van der Waals surface area contributed by atoms with Crippen LogP contribution in [-0.2, 0) is 0 Å². The molecule has 0 amide bonds. The Bertz CT molecular complexity index is 468. The third-order valence-electron chi connectivity index (χ3n) is 3.71. The van der Waals surface area contributed by atoms with Crippen LogP contribution < -0.4 is 10.1 Å². The van der Waals surface area contributed by atoms with E-state index in [1.807, 2.05) is 6.07 Å². The molecule has 1 atom stereocenters. The standard InChI is InChI=1S/C16H24N2O2/c1-12(2)10-15(18-8-6-17-7-9-18)14-5-4-13(19)11-16(14)20-3/h4-5,11,15,17,19H,1,6-10H2,2-3H3/t15-/m0/s1. The molecule has 1 aliphatic heterocycles. The first kappa shape index (κ1) is 14.9. The normalized spacial score (nSPS) is 17.7. The number of nitrogens with zero attached hydrogens (tertiary/aromatic N) is 1. The topological polar surface area (TPSA) is 44.7 Å². The van der Waals surface area contributed by atoms with Crippen molar-refractivity contribution in [3.63, 3.8) is 0 Å². The Hall–Kier alpha value is -1.52. The number of hydrogen-bond acceptors (Lipinski definition) is 4. The molecular weight excluding hydrogens is 252 g/mol. The maximum atomic E-state index is 9.62. The van der Waals surface area contributed by atoms with Crippen molar-refractivity contribution in [2.24, 2.45) is 0 Å². The predicted octanol–water partition coefficient (Wildman–Crippen LogP) is 2.31. The molecule has 0 aliphatic carbocycles. The lowest BCUT2D eigenvalue weighted by atomic mass is 9.97. The number of nitrogens with one attached hydrogen (secondary N) is 1. The highest BCUT2D eigenvalue weighted by Gasteiger charge is 2.25. The number of methoxy groups -OCH3 is 1. The molecule has 1 aliphatic rings. The van der Waals surface area contributed by atoms with E-state index in [0.717, 1.165) is 49.5 Å². The number of phenolic OH excluding ortho intramolecular Hbond substituents is 1. The minimum absolute atomic E-state index is 0.236. The molecule has 1 saturated heterocycles. The molecule has 110 valence electrons. The fourth-order valence-electron chi connectivity index (χ4n) is 2.73. The lowest BCUT2D eigenvalue weighted by Gasteiger charge is -2.36. The highest BCUT2D eigenvalue weighted by molar-refractivity contribution is 5.42. The van der Waals surface area contributed by atoms with Gasteiger partial charge in [-0.15, -0.1) is 6.58 Å². The molecule has 0 spiro atoms. The van der Waals surface area contributed by atoms with Crippen LogP contribution in [0.2, 0.25) is 0 Å². The molecule has 0 aromatic heterocycles. The Kier molecular flexibility index (Phi) is 5.04. The molecule has 4 heteroatoms. The quantitative estimate of drug-likeness (QED) is 0.810. The van der Waals surface area contributed by atoms with E-state index >= 15 is 0 Å². The lowest BCUT2D eigenvalue weighted by Crippen LogP contribution is -2.45. The van der Waals surface area contributed by atoms with Crippen LogP contribution in [0.4, 0.5) is 0 Å². The first-order valence-electron chi connectivity index (χ1n) is 7.08. The molecule has 20 heavy (non-hydrogen) atoms. The molecule has 0 bridgehead atoms. The van der Waals surface area contributed by atoms with Gasteiger partial charge in [-0.05, 0) is 19.4 Å². The number of aromatic hydroxyl groups is 1. The van der Waals surface area contributed by atoms with Gasteiger partial charge in [0.2, 0.25) is 0 Å². The van der Waals surface area contributed by atoms with Crippen LogP contribution in [-0.4, -0.2) is 43.3 Å². The first-order valence-corrected chi connectivity index (χ1v) is 7.08. The number of rotatable bonds is 5. The van der Waals surface area contributed by atoms with Gasteiger partial charge in [0.15, 0.2) is 0 Å². The number of phenols is 1. The van der Waals surface area contributed by atoms with Crippen LogP contribution >= 0.6 is 0 Å². The summed E-state index contributed by atoms with van der Waals surface area (Å²) in [6, 6.07) is 5.63. The monoisotopic (exact) mass is 276 g/mol. The molecule has 2 N–H and O–H groups in total. The first-order chi connectivity index (χ1) is 9.61. The van der Waals surface area contributed by atoms with E-state index in [-0.39, 0.29) is 11.8 Å². The van der Waals surface area contributed by atoms with E-state index in [1.54, 1.807) is 19.2 Å². The van der Waals surface area contributed by atoms with Gasteiger partial charge in [0.25, 0.3) is 0 Å². The average molecular weight is 276 g/mol. The molecule has 2 rings (SSSR count). The van der Waals surface area contributed by atoms with Gasteiger partial charge in [-0.1, -0.05) is 11.6 Å². The van der Waals surface area contributed by atoms with Crippen molar-refractivity contribution < 1.29 is 9.84 Å². The SMILES string of the molecule is C=C(C)C[C@@H](c1ccc(O)cc1OC)N1CCNCC1. The minimum Gasteiger partial charge on any atom is -0.508 e. The molecule has 1 fully saturated rings. The second kappa shape index (κ2) is 6.77. The fourth-order valence-corrected chi connectivity index (χ4v) is 2.73. The number of benzene rings is 1. The summed E-state index contributed by atoms with van der Waals surface area (Å²) < 4.78 is 5.45. The summed E-state index contributed by atoms with van der Waals surface area (Å²) in [6.45, 7) is 10.2. The smallest absolute Gasteiger partial charge is 0.127 e. The van der Waals surface area contributed by atoms with Crippen LogP contribution in [0.5, 0.6) is 11.5 Å². The molecular formula is C16H24N2O2. The van der Waals surface area contributed by atoms with E-state index in [0.29, 0.717) is 0 Å². The molecule has 1 heterocycles. The van der Waals surface area contributed by atoms with Crippen molar-refractivity contribution in [2.75, 3.05) is 33.3 Å². The second-order valence-corrected chi connectivity index (χ2v) is 5.39. The molecule has 0 unspecified atom stereocenters. The Morgan fingerprint density at radius 3 is 2.75 bits per heavy atom. The minimum atomic E-state index is 0.236. The Morgan fingerprint density at radius 2 is 2.15 bits per heavy atom. The molecule has 0 saturated carbocycles. The van der Waals surface area contributed by atoms with Crippen molar-refractivity contribution in [2.45, 2.75) is 19.4 Å². The van der Waals surface area contributed by atoms with Gasteiger partial charge in [0.05, 0.1) is 7.11 Å². The predicted molar refractivity (Wildman–Crippen MR) is 81.3 cm³/mol. The van der Waals surface area contributed by atoms with Crippen LogP contribution in [0.1, 0.15) is 24.9 Å². The van der Waals surface area contributed by atoms with Crippen molar-refractivity contribution in [1.29, 1.82) is 0 Å². The van der Waals surface area contributed by atoms with Crippen molar-refractivity contribution in [3.8, 4) is 11.5 Å². The number of piperazine rings is 1. The van der Waals surface area contributed by atoms with Crippen LogP contribution in [0.3, 0.4) is 0 Å². The summed E-state index contributed by atoms with van der Waals surface area (Å²) in [6.07, 6.45) is 0.904. The van der Waals surface area contributed by atoms with Crippen LogP contribution in [0.25, 0.3) is 0 Å². The summed E-state index contributed by atoms with van der Waals surface area (Å²) in [7, 11) is 1.65. The largest absolute Gasteiger partial charge is 0.508 e. The van der Waals surface area contributed by atoms with Crippen molar-refractivity contribution >= 4 is 0 Å². The summed E-state index contributed by atoms with van der Waals surface area (Å²) in [5.41, 5.74) is 2.28. The second-order valence-electron chi connectivity index (χ2n) is 5.39. The van der Waals surface area contributed by atoms with Crippen LogP contribution in [0.15, 0.2) is 30.4 Å². The zero-order valence-corrected chi connectivity index (χ0v) is 12.4. The van der Waals surface area contributed by atoms with Crippen molar-refractivity contribution in [1.82, 2.24) is 10.2 Å². The van der Waals surface area contributed by atoms with E-state index in [1.165, 1.54) is 0 Å². The van der Waals surface area contributed by atoms with Gasteiger partial charge in [-0.3, -0.25) is 4.90 Å². The van der Waals surface area contributed by atoms with Gasteiger partial charge < -0.3 is 15.2 Å². The average Bonchev–Trinajstić information content (AvgIpc) is 2.45. The third-order valence-corrected chi connectivity index (χ3v) is 3.71. The number of ether oxygens (including phenoxy) is 1. The van der Waals surface area contributed by atoms with Crippen LogP contribution in [0, 0.1) is 0 Å². The zero-order valence-electron chi connectivity index (χ0n) is 12.4. The van der Waals surface area contributed by atoms with Gasteiger partial charge in [0.1, 0.15) is 11.5 Å². The highest BCUT2D eigenvalue weighted by atomic mass is 16.5. The van der Waals surface area contributed by atoms with E-state index in [2.05, 4.69) is 23.7 Å². The maximum absolute atomic E-state index is 9.62. The van der Waals surface area contributed by atoms with Gasteiger partial charge in [-0.25, -0.2) is 0 Å². The van der Waals surface area contributed by atoms with Gasteiger partial charge in [-0.2, -0.15) is 0 Å². The molecule has 4 nitrogen and oxygen atoms in total. The Labute approximate surface area is 121 Å². The van der Waals surface area contributed by atoms with Gasteiger partial charge in [0, 0.05) is 43.9 Å². The fraction of sp³-hybridized carbons (Fsp3) is 0.500. The maximum Gasteiger partial charge on any atom is 0.127 e. The van der Waals surface area contributed by atoms with E-state index < -0.39 is 0 Å². The summed E-state index contributed by atoms with van der Waals surface area (Å²) in [5.74, 6) is 0.981. The van der Waals surface area contributed by atoms with Crippen molar-refractivity contribution in [3.05, 3.63) is 35.9 Å². The zero-order chi connectivity index (χ0) is 14.5. The van der Waals surface area contributed by atoms with E-state index in [9.17, 15) is 5.11 Å².